The summed E-state index contributed by atoms with van der Waals surface area (Å²) in [7, 11) is -1.80. The lowest BCUT2D eigenvalue weighted by molar-refractivity contribution is 0.545. The van der Waals surface area contributed by atoms with Crippen molar-refractivity contribution in [3.05, 3.63) is 0 Å². The predicted octanol–water partition coefficient (Wildman–Crippen LogP) is 1.47. The summed E-state index contributed by atoms with van der Waals surface area (Å²) in [6, 6.07) is 0. The largest absolute Gasteiger partial charge is 0.249 e. The van der Waals surface area contributed by atoms with Gasteiger partial charge in [0, 0.05) is 47.5 Å². The van der Waals surface area contributed by atoms with E-state index in [9.17, 15) is 4.21 Å². The van der Waals surface area contributed by atoms with Crippen molar-refractivity contribution in [3.63, 3.8) is 0 Å². The third-order valence-electron chi connectivity index (χ3n) is 1.43. The second-order valence-corrected chi connectivity index (χ2v) is 7.21. The van der Waals surface area contributed by atoms with Gasteiger partial charge in [-0.05, 0) is 0 Å². The average molecular weight is 386 g/mol. The number of nitrogens with zero attached hydrogens (tertiary/aromatic N) is 2. The first-order chi connectivity index (χ1) is 4.66. The smallest absolute Gasteiger partial charge is 0.0952 e. The molecule has 0 aromatic rings. The van der Waals surface area contributed by atoms with Crippen LogP contribution in [0.15, 0.2) is 2.58 Å². The van der Waals surface area contributed by atoms with Crippen LogP contribution in [0.3, 0.4) is 0 Å². The molecule has 1 fully saturated rings. The van der Waals surface area contributed by atoms with Crippen LogP contribution in [0, 0.1) is 0 Å². The van der Waals surface area contributed by atoms with Crippen molar-refractivity contribution < 1.29 is 4.21 Å². The summed E-state index contributed by atoms with van der Waals surface area (Å²) >= 11 is 4.11. The van der Waals surface area contributed by atoms with Crippen molar-refractivity contribution >= 4 is 55.5 Å². The Bertz CT molecular complexity index is 209. The zero-order valence-corrected chi connectivity index (χ0v) is 10.4. The maximum Gasteiger partial charge on any atom is 0.0952 e. The Balaban J connectivity index is 2.64. The van der Waals surface area contributed by atoms with Crippen molar-refractivity contribution in [1.29, 1.82) is 0 Å². The topological polar surface area (TPSA) is 32.7 Å². The van der Waals surface area contributed by atoms with E-state index in [1.807, 2.05) is 22.9 Å². The fourth-order valence-corrected chi connectivity index (χ4v) is 4.44. The average Bonchev–Trinajstić information content (AvgIpc) is 1.96. The Hall–Kier alpha value is 1.37. The van der Waals surface area contributed by atoms with E-state index in [1.54, 1.807) is 0 Å². The highest BCUT2D eigenvalue weighted by atomic mass is 127. The molecule has 1 aliphatic heterocycles. The van der Waals surface area contributed by atoms with Crippen LogP contribution in [0.2, 0.25) is 0 Å². The van der Waals surface area contributed by atoms with E-state index in [-0.39, 0.29) is 0 Å². The molecule has 0 N–H and O–H groups in total. The van der Waals surface area contributed by atoms with Crippen LogP contribution in [-0.2, 0) is 9.73 Å². The van der Waals surface area contributed by atoms with Gasteiger partial charge in [-0.25, -0.2) is 7.32 Å². The van der Waals surface area contributed by atoms with Crippen LogP contribution in [0.1, 0.15) is 0 Å². The van der Waals surface area contributed by atoms with Crippen molar-refractivity contribution in [2.75, 3.05) is 24.6 Å². The fourth-order valence-electron chi connectivity index (χ4n) is 0.766. The zero-order valence-electron chi connectivity index (χ0n) is 5.30. The summed E-state index contributed by atoms with van der Waals surface area (Å²) in [4.78, 5) is 0. The monoisotopic (exact) mass is 386 g/mol. The minimum atomic E-state index is -1.80. The number of hydrogen-bond donors (Lipinski definition) is 0. The summed E-state index contributed by atoms with van der Waals surface area (Å²) in [6.07, 6.45) is 0. The maximum atomic E-state index is 11.5. The summed E-state index contributed by atoms with van der Waals surface area (Å²) in [5.41, 5.74) is 0. The van der Waals surface area contributed by atoms with E-state index in [0.717, 1.165) is 24.6 Å². The molecule has 10 heavy (non-hydrogen) atoms. The van der Waals surface area contributed by atoms with E-state index in [2.05, 4.69) is 28.6 Å². The fraction of sp³-hybridized carbons (Fsp3) is 1.00. The molecule has 3 nitrogen and oxygen atoms in total. The highest BCUT2D eigenvalue weighted by Gasteiger charge is 2.17. The molecule has 6 heteroatoms. The van der Waals surface area contributed by atoms with Crippen molar-refractivity contribution in [1.82, 2.24) is 3.11 Å². The van der Waals surface area contributed by atoms with Crippen LogP contribution in [-0.4, -0.2) is 31.9 Å². The number of rotatable bonds is 0. The first-order valence-corrected chi connectivity index (χ1v) is 6.68. The summed E-state index contributed by atoms with van der Waals surface area (Å²) in [6.45, 7) is 1.82. The first kappa shape index (κ1) is 9.46. The lowest BCUT2D eigenvalue weighted by atomic mass is 10.6. The van der Waals surface area contributed by atoms with Crippen molar-refractivity contribution in [2.45, 2.75) is 0 Å². The van der Waals surface area contributed by atoms with Gasteiger partial charge in [0.05, 0.1) is 32.6 Å². The van der Waals surface area contributed by atoms with Crippen LogP contribution in [0.4, 0.5) is 0 Å². The molecule has 1 aliphatic rings. The normalized spacial score (nSPS) is 26.2. The van der Waals surface area contributed by atoms with Gasteiger partial charge in [0.25, 0.3) is 0 Å². The quantitative estimate of drug-likeness (QED) is 0.467. The standard InChI is InChI=1S/C4H8I2N2OS/c5-7-10(9)3-1-8(6)2-4-10/h1-4H2. The minimum absolute atomic E-state index is 0.735. The summed E-state index contributed by atoms with van der Waals surface area (Å²) in [5.74, 6) is 1.47. The molecule has 0 amide bonds. The molecule has 0 aliphatic carbocycles. The van der Waals surface area contributed by atoms with Crippen LogP contribution >= 0.6 is 45.7 Å². The molecular weight excluding hydrogens is 378 g/mol. The van der Waals surface area contributed by atoms with Gasteiger partial charge in [0.1, 0.15) is 0 Å². The van der Waals surface area contributed by atoms with Crippen LogP contribution < -0.4 is 0 Å². The van der Waals surface area contributed by atoms with Gasteiger partial charge in [0.2, 0.25) is 0 Å². The number of halogens is 2. The van der Waals surface area contributed by atoms with Gasteiger partial charge in [-0.1, -0.05) is 0 Å². The number of hydrogen-bond acceptors (Lipinski definition) is 3. The molecular formula is C4H8I2N2OS. The van der Waals surface area contributed by atoms with Gasteiger partial charge in [-0.15, -0.1) is 0 Å². The zero-order chi connectivity index (χ0) is 7.61. The molecule has 0 aromatic heterocycles. The van der Waals surface area contributed by atoms with Gasteiger partial charge < -0.3 is 0 Å². The van der Waals surface area contributed by atoms with Gasteiger partial charge >= 0.3 is 0 Å². The molecule has 60 valence electrons. The van der Waals surface area contributed by atoms with Gasteiger partial charge in [0.15, 0.2) is 0 Å². The first-order valence-electron chi connectivity index (χ1n) is 2.90. The van der Waals surface area contributed by atoms with E-state index in [1.165, 1.54) is 0 Å². The Morgan fingerprint density at radius 2 is 1.90 bits per heavy atom. The second-order valence-electron chi connectivity index (χ2n) is 2.16. The molecule has 1 rings (SSSR count). The van der Waals surface area contributed by atoms with Gasteiger partial charge in [-0.2, -0.15) is 2.58 Å². The summed E-state index contributed by atoms with van der Waals surface area (Å²) in [5, 5.41) is 0. The lowest BCUT2D eigenvalue weighted by Gasteiger charge is -2.21. The molecule has 0 unspecified atom stereocenters. The highest BCUT2D eigenvalue weighted by molar-refractivity contribution is 14.1. The Labute approximate surface area is 89.1 Å². The van der Waals surface area contributed by atoms with Crippen LogP contribution in [0.5, 0.6) is 0 Å². The Morgan fingerprint density at radius 1 is 1.40 bits per heavy atom. The summed E-state index contributed by atoms with van der Waals surface area (Å²) < 4.78 is 17.6. The molecule has 0 atom stereocenters. The predicted molar refractivity (Wildman–Crippen MR) is 59.9 cm³/mol. The molecule has 1 heterocycles. The molecule has 0 saturated carbocycles. The van der Waals surface area contributed by atoms with E-state index in [4.69, 9.17) is 0 Å². The van der Waals surface area contributed by atoms with E-state index < -0.39 is 9.73 Å². The Morgan fingerprint density at radius 3 is 2.30 bits per heavy atom. The lowest BCUT2D eigenvalue weighted by Crippen LogP contribution is -2.33. The van der Waals surface area contributed by atoms with E-state index >= 15 is 0 Å². The molecule has 0 bridgehead atoms. The molecule has 0 aromatic carbocycles. The second kappa shape index (κ2) is 3.85. The van der Waals surface area contributed by atoms with Gasteiger partial charge in [-0.3, -0.25) is 0 Å². The molecule has 1 saturated heterocycles. The maximum absolute atomic E-state index is 11.5. The van der Waals surface area contributed by atoms with Crippen LogP contribution in [0.25, 0.3) is 0 Å². The van der Waals surface area contributed by atoms with Crippen molar-refractivity contribution in [3.8, 4) is 0 Å². The SMILES string of the molecule is O=S1(=NI)CCN(I)CC1. The Kier molecular flexibility index (Phi) is 3.65. The van der Waals surface area contributed by atoms with Crippen molar-refractivity contribution in [2.24, 2.45) is 2.58 Å². The third kappa shape index (κ3) is 2.45. The minimum Gasteiger partial charge on any atom is -0.249 e. The highest BCUT2D eigenvalue weighted by Crippen LogP contribution is 2.11. The van der Waals surface area contributed by atoms with E-state index in [0.29, 0.717) is 0 Å². The molecule has 0 radical (unpaired) electrons. The molecule has 0 spiro atoms. The third-order valence-corrected chi connectivity index (χ3v) is 6.44.